The smallest absolute Gasteiger partial charge is 0.251 e. The van der Waals surface area contributed by atoms with Crippen LogP contribution < -0.4 is 5.56 Å². The van der Waals surface area contributed by atoms with E-state index < -0.39 is 11.6 Å². The maximum Gasteiger partial charge on any atom is 0.251 e. The molecule has 0 spiro atoms. The van der Waals surface area contributed by atoms with E-state index in [4.69, 9.17) is 0 Å². The van der Waals surface area contributed by atoms with Crippen molar-refractivity contribution < 1.29 is 5.11 Å². The Bertz CT molecular complexity index is 1060. The molecule has 0 saturated carbocycles. The Morgan fingerprint density at radius 1 is 0.786 bits per heavy atom. The minimum absolute atomic E-state index is 0.234. The molecule has 0 amide bonds. The van der Waals surface area contributed by atoms with Gasteiger partial charge in [0.15, 0.2) is 0 Å². The molecule has 4 aromatic rings. The van der Waals surface area contributed by atoms with Crippen molar-refractivity contribution in [3.05, 3.63) is 125 Å². The van der Waals surface area contributed by atoms with Gasteiger partial charge < -0.3 is 9.67 Å². The first-order valence-corrected chi connectivity index (χ1v) is 8.82. The lowest BCUT2D eigenvalue weighted by Gasteiger charge is -2.38. The largest absolute Gasteiger partial charge is 0.378 e. The van der Waals surface area contributed by atoms with Gasteiger partial charge in [0.25, 0.3) is 5.56 Å². The summed E-state index contributed by atoms with van der Waals surface area (Å²) in [6, 6.07) is 14.8. The molecule has 6 nitrogen and oxygen atoms in total. The molecule has 28 heavy (non-hydrogen) atoms. The highest BCUT2D eigenvalue weighted by Crippen LogP contribution is 2.42. The standard InChI is InChI=1S/C22H18N4O2/c27-20-9-1-2-13-26(20)21(17-6-3-10-23-14-17)22(28,18-7-4-11-24-15-18)19-8-5-12-25-16-19/h1-16,21,28H. The summed E-state index contributed by atoms with van der Waals surface area (Å²) in [5, 5.41) is 12.2. The van der Waals surface area contributed by atoms with Gasteiger partial charge in [0.1, 0.15) is 11.6 Å². The van der Waals surface area contributed by atoms with Crippen molar-refractivity contribution in [2.24, 2.45) is 0 Å². The summed E-state index contributed by atoms with van der Waals surface area (Å²) in [5.74, 6) is 0. The van der Waals surface area contributed by atoms with Gasteiger partial charge in [-0.1, -0.05) is 24.3 Å². The van der Waals surface area contributed by atoms with Crippen LogP contribution in [0.4, 0.5) is 0 Å². The van der Waals surface area contributed by atoms with E-state index in [1.165, 1.54) is 10.6 Å². The number of nitrogens with zero attached hydrogens (tertiary/aromatic N) is 4. The fraction of sp³-hybridized carbons (Fsp3) is 0.0909. The number of aromatic nitrogens is 4. The molecule has 0 radical (unpaired) electrons. The van der Waals surface area contributed by atoms with Crippen LogP contribution in [0.1, 0.15) is 22.7 Å². The maximum atomic E-state index is 12.7. The summed E-state index contributed by atoms with van der Waals surface area (Å²) in [7, 11) is 0. The summed E-state index contributed by atoms with van der Waals surface area (Å²) in [5.41, 5.74) is -0.0507. The highest BCUT2D eigenvalue weighted by atomic mass is 16.3. The number of pyridine rings is 4. The average molecular weight is 370 g/mol. The van der Waals surface area contributed by atoms with Crippen LogP contribution in [-0.4, -0.2) is 24.6 Å². The summed E-state index contributed by atoms with van der Waals surface area (Å²) >= 11 is 0. The summed E-state index contributed by atoms with van der Waals surface area (Å²) in [4.78, 5) is 25.3. The first-order valence-electron chi connectivity index (χ1n) is 8.82. The zero-order chi connectivity index (χ0) is 19.4. The molecule has 1 N–H and O–H groups in total. The first kappa shape index (κ1) is 17.8. The average Bonchev–Trinajstić information content (AvgIpc) is 2.77. The van der Waals surface area contributed by atoms with Gasteiger partial charge in [0, 0.05) is 60.6 Å². The molecule has 0 bridgehead atoms. The number of hydrogen-bond donors (Lipinski definition) is 1. The van der Waals surface area contributed by atoms with Crippen LogP contribution in [0.25, 0.3) is 0 Å². The normalized spacial score (nSPS) is 12.5. The van der Waals surface area contributed by atoms with E-state index >= 15 is 0 Å². The van der Waals surface area contributed by atoms with Crippen molar-refractivity contribution in [1.29, 1.82) is 0 Å². The van der Waals surface area contributed by atoms with Crippen LogP contribution in [0.2, 0.25) is 0 Å². The Morgan fingerprint density at radius 3 is 1.89 bits per heavy atom. The van der Waals surface area contributed by atoms with Crippen molar-refractivity contribution in [3.63, 3.8) is 0 Å². The third kappa shape index (κ3) is 3.10. The Kier molecular flexibility index (Phi) is 4.78. The SMILES string of the molecule is O=c1ccccn1C(c1cccnc1)C(O)(c1cccnc1)c1cccnc1. The minimum Gasteiger partial charge on any atom is -0.378 e. The molecule has 1 atom stereocenters. The molecule has 4 heterocycles. The van der Waals surface area contributed by atoms with Crippen molar-refractivity contribution in [1.82, 2.24) is 19.5 Å². The Hall–Kier alpha value is -3.64. The highest BCUT2D eigenvalue weighted by molar-refractivity contribution is 5.39. The fourth-order valence-corrected chi connectivity index (χ4v) is 3.45. The van der Waals surface area contributed by atoms with E-state index in [1.54, 1.807) is 85.8 Å². The van der Waals surface area contributed by atoms with Gasteiger partial charge in [-0.3, -0.25) is 19.7 Å². The van der Waals surface area contributed by atoms with E-state index in [2.05, 4.69) is 15.0 Å². The minimum atomic E-state index is -1.60. The molecule has 4 rings (SSSR count). The van der Waals surface area contributed by atoms with Crippen molar-refractivity contribution >= 4 is 0 Å². The van der Waals surface area contributed by atoms with Crippen molar-refractivity contribution in [3.8, 4) is 0 Å². The van der Waals surface area contributed by atoms with Crippen LogP contribution in [0.15, 0.2) is 103 Å². The zero-order valence-electron chi connectivity index (χ0n) is 15.0. The highest BCUT2D eigenvalue weighted by Gasteiger charge is 2.43. The van der Waals surface area contributed by atoms with Crippen LogP contribution in [0.5, 0.6) is 0 Å². The Labute approximate surface area is 161 Å². The molecule has 138 valence electrons. The van der Waals surface area contributed by atoms with Gasteiger partial charge in [-0.2, -0.15) is 0 Å². The molecular weight excluding hydrogens is 352 g/mol. The second-order valence-electron chi connectivity index (χ2n) is 6.38. The molecule has 1 unspecified atom stereocenters. The second kappa shape index (κ2) is 7.54. The monoisotopic (exact) mass is 370 g/mol. The van der Waals surface area contributed by atoms with Gasteiger partial charge in [0.05, 0.1) is 0 Å². The van der Waals surface area contributed by atoms with Crippen LogP contribution >= 0.6 is 0 Å². The third-order valence-electron chi connectivity index (χ3n) is 4.73. The topological polar surface area (TPSA) is 80.9 Å². The molecule has 4 aromatic heterocycles. The van der Waals surface area contributed by atoms with Crippen molar-refractivity contribution in [2.45, 2.75) is 11.6 Å². The lowest BCUT2D eigenvalue weighted by atomic mass is 9.78. The molecule has 0 fully saturated rings. The van der Waals surface area contributed by atoms with Crippen LogP contribution in [0, 0.1) is 0 Å². The first-order chi connectivity index (χ1) is 13.7. The van der Waals surface area contributed by atoms with Crippen LogP contribution in [-0.2, 0) is 5.60 Å². The molecule has 0 aliphatic heterocycles. The van der Waals surface area contributed by atoms with E-state index in [-0.39, 0.29) is 5.56 Å². The summed E-state index contributed by atoms with van der Waals surface area (Å²) < 4.78 is 1.51. The predicted molar refractivity (Wildman–Crippen MR) is 105 cm³/mol. The Balaban J connectivity index is 2.06. The van der Waals surface area contributed by atoms with Gasteiger partial charge in [-0.15, -0.1) is 0 Å². The zero-order valence-corrected chi connectivity index (χ0v) is 15.0. The molecule has 0 saturated heterocycles. The van der Waals surface area contributed by atoms with Crippen LogP contribution in [0.3, 0.4) is 0 Å². The van der Waals surface area contributed by atoms with E-state index in [1.807, 2.05) is 6.07 Å². The van der Waals surface area contributed by atoms with Gasteiger partial charge in [-0.25, -0.2) is 0 Å². The summed E-state index contributed by atoms with van der Waals surface area (Å²) in [6.45, 7) is 0. The van der Waals surface area contributed by atoms with Crippen molar-refractivity contribution in [2.75, 3.05) is 0 Å². The maximum absolute atomic E-state index is 12.7. The van der Waals surface area contributed by atoms with Gasteiger partial charge in [0.2, 0.25) is 0 Å². The molecule has 0 aromatic carbocycles. The molecule has 0 aliphatic carbocycles. The second-order valence-corrected chi connectivity index (χ2v) is 6.38. The molecule has 6 heteroatoms. The summed E-state index contributed by atoms with van der Waals surface area (Å²) in [6.07, 6.45) is 11.5. The Morgan fingerprint density at radius 2 is 1.39 bits per heavy atom. The van der Waals surface area contributed by atoms with E-state index in [0.29, 0.717) is 16.7 Å². The van der Waals surface area contributed by atoms with E-state index in [0.717, 1.165) is 0 Å². The fourth-order valence-electron chi connectivity index (χ4n) is 3.45. The quantitative estimate of drug-likeness (QED) is 0.584. The lowest BCUT2D eigenvalue weighted by Crippen LogP contribution is -2.42. The number of rotatable bonds is 5. The number of aliphatic hydroxyl groups is 1. The predicted octanol–water partition coefficient (Wildman–Crippen LogP) is 2.56. The molecule has 0 aliphatic rings. The lowest BCUT2D eigenvalue weighted by molar-refractivity contribution is 0.0361. The number of hydrogen-bond acceptors (Lipinski definition) is 5. The molecular formula is C22H18N4O2. The third-order valence-corrected chi connectivity index (χ3v) is 4.73. The van der Waals surface area contributed by atoms with E-state index in [9.17, 15) is 9.90 Å². The van der Waals surface area contributed by atoms with Gasteiger partial charge in [-0.05, 0) is 29.8 Å². The van der Waals surface area contributed by atoms with Gasteiger partial charge >= 0.3 is 0 Å².